The molecule has 0 amide bonds. The summed E-state index contributed by atoms with van der Waals surface area (Å²) in [5.74, 6) is 0.776. The van der Waals surface area contributed by atoms with Gasteiger partial charge in [0.1, 0.15) is 0 Å². The maximum atomic E-state index is 10.6. The summed E-state index contributed by atoms with van der Waals surface area (Å²) in [5, 5.41) is 19.3. The van der Waals surface area contributed by atoms with Gasteiger partial charge in [-0.15, -0.1) is 0 Å². The van der Waals surface area contributed by atoms with Crippen molar-refractivity contribution in [2.24, 2.45) is 5.92 Å². The van der Waals surface area contributed by atoms with Crippen LogP contribution in [0, 0.1) is 17.2 Å². The van der Waals surface area contributed by atoms with Crippen molar-refractivity contribution in [3.63, 3.8) is 0 Å². The summed E-state index contributed by atoms with van der Waals surface area (Å²) in [6.45, 7) is 7.52. The van der Waals surface area contributed by atoms with Crippen LogP contribution >= 0.6 is 0 Å². The Hall–Kier alpha value is -0.630. The molecule has 4 nitrogen and oxygen atoms in total. The maximum absolute atomic E-state index is 10.6. The van der Waals surface area contributed by atoms with Crippen LogP contribution in [0.1, 0.15) is 32.6 Å². The van der Waals surface area contributed by atoms with Gasteiger partial charge in [0, 0.05) is 32.7 Å². The lowest BCUT2D eigenvalue weighted by Crippen LogP contribution is -2.52. The zero-order valence-corrected chi connectivity index (χ0v) is 11.4. The van der Waals surface area contributed by atoms with Gasteiger partial charge in [0.15, 0.2) is 0 Å². The molecule has 1 N–H and O–H groups in total. The highest BCUT2D eigenvalue weighted by Crippen LogP contribution is 2.32. The molecule has 4 heteroatoms. The Balaban J connectivity index is 1.76. The molecule has 0 aromatic carbocycles. The molecule has 18 heavy (non-hydrogen) atoms. The molecule has 2 aliphatic rings. The minimum atomic E-state index is -0.454. The standard InChI is InChI=1S/C14H25N3O/c1-13-2-4-14(18,5-3-13)12-17-10-8-16(7-6-15)9-11-17/h13,18H,2-5,7-12H2,1H3. The Bertz CT molecular complexity index is 297. The summed E-state index contributed by atoms with van der Waals surface area (Å²) in [4.78, 5) is 4.55. The normalized spacial score (nSPS) is 35.3. The average Bonchev–Trinajstić information content (AvgIpc) is 2.36. The van der Waals surface area contributed by atoms with E-state index in [-0.39, 0.29) is 0 Å². The van der Waals surface area contributed by atoms with Gasteiger partial charge in [0.25, 0.3) is 0 Å². The van der Waals surface area contributed by atoms with E-state index in [1.54, 1.807) is 0 Å². The van der Waals surface area contributed by atoms with Crippen molar-refractivity contribution in [2.75, 3.05) is 39.3 Å². The van der Waals surface area contributed by atoms with Gasteiger partial charge in [-0.05, 0) is 31.6 Å². The highest BCUT2D eigenvalue weighted by atomic mass is 16.3. The van der Waals surface area contributed by atoms with Crippen LogP contribution in [0.5, 0.6) is 0 Å². The van der Waals surface area contributed by atoms with Crippen molar-refractivity contribution in [1.82, 2.24) is 9.80 Å². The first-order chi connectivity index (χ1) is 8.61. The summed E-state index contributed by atoms with van der Waals surface area (Å²) in [7, 11) is 0. The van der Waals surface area contributed by atoms with Crippen LogP contribution in [0.4, 0.5) is 0 Å². The lowest BCUT2D eigenvalue weighted by atomic mass is 9.79. The van der Waals surface area contributed by atoms with Gasteiger partial charge in [-0.2, -0.15) is 5.26 Å². The molecule has 0 spiro atoms. The fourth-order valence-electron chi connectivity index (χ4n) is 3.08. The smallest absolute Gasteiger partial charge is 0.0866 e. The molecule has 0 bridgehead atoms. The van der Waals surface area contributed by atoms with Crippen molar-refractivity contribution in [3.05, 3.63) is 0 Å². The van der Waals surface area contributed by atoms with E-state index in [1.165, 1.54) is 0 Å². The van der Waals surface area contributed by atoms with Gasteiger partial charge in [-0.1, -0.05) is 6.92 Å². The zero-order chi connectivity index (χ0) is 13.0. The second-order valence-corrected chi connectivity index (χ2v) is 6.12. The molecule has 1 aliphatic heterocycles. The number of nitrogens with zero attached hydrogens (tertiary/aromatic N) is 3. The first-order valence-corrected chi connectivity index (χ1v) is 7.15. The van der Waals surface area contributed by atoms with E-state index in [0.29, 0.717) is 6.54 Å². The number of aliphatic hydroxyl groups is 1. The molecular formula is C14H25N3O. The molecule has 2 rings (SSSR count). The Morgan fingerprint density at radius 3 is 2.28 bits per heavy atom. The number of hydrogen-bond acceptors (Lipinski definition) is 4. The average molecular weight is 251 g/mol. The fraction of sp³-hybridized carbons (Fsp3) is 0.929. The van der Waals surface area contributed by atoms with E-state index < -0.39 is 5.60 Å². The largest absolute Gasteiger partial charge is 0.389 e. The van der Waals surface area contributed by atoms with E-state index in [4.69, 9.17) is 5.26 Å². The Kier molecular flexibility index (Phi) is 4.60. The first kappa shape index (κ1) is 13.8. The molecule has 1 aliphatic carbocycles. The summed E-state index contributed by atoms with van der Waals surface area (Å²) in [6.07, 6.45) is 4.22. The lowest BCUT2D eigenvalue weighted by Gasteiger charge is -2.41. The molecule has 2 fully saturated rings. The third kappa shape index (κ3) is 3.68. The molecule has 0 aromatic rings. The number of nitriles is 1. The second kappa shape index (κ2) is 6.01. The Morgan fingerprint density at radius 1 is 1.17 bits per heavy atom. The summed E-state index contributed by atoms with van der Waals surface area (Å²) >= 11 is 0. The summed E-state index contributed by atoms with van der Waals surface area (Å²) < 4.78 is 0. The van der Waals surface area contributed by atoms with Gasteiger partial charge in [-0.3, -0.25) is 9.80 Å². The summed E-state index contributed by atoms with van der Waals surface area (Å²) in [5.41, 5.74) is -0.454. The molecule has 0 radical (unpaired) electrons. The van der Waals surface area contributed by atoms with Crippen LogP contribution in [-0.4, -0.2) is 59.8 Å². The molecule has 0 atom stereocenters. The van der Waals surface area contributed by atoms with Gasteiger partial charge in [-0.25, -0.2) is 0 Å². The Morgan fingerprint density at radius 2 is 1.72 bits per heavy atom. The van der Waals surface area contributed by atoms with Crippen molar-refractivity contribution in [3.8, 4) is 6.07 Å². The fourth-order valence-corrected chi connectivity index (χ4v) is 3.08. The van der Waals surface area contributed by atoms with E-state index in [1.807, 2.05) is 0 Å². The first-order valence-electron chi connectivity index (χ1n) is 7.15. The molecular weight excluding hydrogens is 226 g/mol. The van der Waals surface area contributed by atoms with Crippen LogP contribution in [0.25, 0.3) is 0 Å². The highest BCUT2D eigenvalue weighted by molar-refractivity contribution is 4.89. The quantitative estimate of drug-likeness (QED) is 0.762. The topological polar surface area (TPSA) is 50.5 Å². The van der Waals surface area contributed by atoms with Gasteiger partial charge in [0.2, 0.25) is 0 Å². The SMILES string of the molecule is CC1CCC(O)(CN2CCN(CC#N)CC2)CC1. The molecule has 0 aromatic heterocycles. The number of hydrogen-bond donors (Lipinski definition) is 1. The van der Waals surface area contributed by atoms with Crippen molar-refractivity contribution in [2.45, 2.75) is 38.2 Å². The third-order valence-corrected chi connectivity index (χ3v) is 4.48. The highest BCUT2D eigenvalue weighted by Gasteiger charge is 2.34. The molecule has 1 heterocycles. The number of rotatable bonds is 3. The minimum Gasteiger partial charge on any atom is -0.389 e. The monoisotopic (exact) mass is 251 g/mol. The van der Waals surface area contributed by atoms with Gasteiger partial charge < -0.3 is 5.11 Å². The van der Waals surface area contributed by atoms with Crippen LogP contribution < -0.4 is 0 Å². The van der Waals surface area contributed by atoms with E-state index in [9.17, 15) is 5.11 Å². The van der Waals surface area contributed by atoms with Crippen molar-refractivity contribution < 1.29 is 5.11 Å². The van der Waals surface area contributed by atoms with Crippen LogP contribution in [0.2, 0.25) is 0 Å². The predicted octanol–water partition coefficient (Wildman–Crippen LogP) is 1.07. The van der Waals surface area contributed by atoms with Crippen molar-refractivity contribution >= 4 is 0 Å². The molecule has 1 saturated heterocycles. The van der Waals surface area contributed by atoms with Crippen molar-refractivity contribution in [1.29, 1.82) is 5.26 Å². The Labute approximate surface area is 110 Å². The number of β-amino-alcohol motifs (C(OH)–C–C–N with tert-alkyl or cyclic N) is 1. The minimum absolute atomic E-state index is 0.454. The molecule has 102 valence electrons. The van der Waals surface area contributed by atoms with Gasteiger partial charge >= 0.3 is 0 Å². The van der Waals surface area contributed by atoms with Crippen LogP contribution in [0.15, 0.2) is 0 Å². The van der Waals surface area contributed by atoms with E-state index >= 15 is 0 Å². The molecule has 1 saturated carbocycles. The summed E-state index contributed by atoms with van der Waals surface area (Å²) in [6, 6.07) is 2.20. The van der Waals surface area contributed by atoms with E-state index in [2.05, 4.69) is 22.8 Å². The van der Waals surface area contributed by atoms with Crippen LogP contribution in [-0.2, 0) is 0 Å². The van der Waals surface area contributed by atoms with Gasteiger partial charge in [0.05, 0.1) is 18.2 Å². The zero-order valence-electron chi connectivity index (χ0n) is 11.4. The third-order valence-electron chi connectivity index (χ3n) is 4.48. The molecule has 0 unspecified atom stereocenters. The van der Waals surface area contributed by atoms with E-state index in [0.717, 1.165) is 64.3 Å². The number of piperazine rings is 1. The lowest BCUT2D eigenvalue weighted by molar-refractivity contribution is -0.0426. The van der Waals surface area contributed by atoms with Crippen LogP contribution in [0.3, 0.4) is 0 Å². The maximum Gasteiger partial charge on any atom is 0.0866 e. The second-order valence-electron chi connectivity index (χ2n) is 6.12. The predicted molar refractivity (Wildman–Crippen MR) is 71.1 cm³/mol.